The average molecular weight is 265 g/mol. The third-order valence-corrected chi connectivity index (χ3v) is 2.78. The maximum Gasteiger partial charge on any atom is 0.549 e. The fourth-order valence-electron chi connectivity index (χ4n) is 1.25. The Morgan fingerprint density at radius 3 is 2.11 bits per heavy atom. The number of anilines is 1. The largest absolute Gasteiger partial charge is 0.549 e. The zero-order valence-corrected chi connectivity index (χ0v) is 10.3. The van der Waals surface area contributed by atoms with Crippen LogP contribution in [-0.4, -0.2) is 4.89 Å². The van der Waals surface area contributed by atoms with Gasteiger partial charge in [0, 0.05) is 0 Å². The van der Waals surface area contributed by atoms with Gasteiger partial charge in [-0.25, -0.2) is 4.57 Å². The van der Waals surface area contributed by atoms with Crippen molar-refractivity contribution in [3.8, 4) is 5.75 Å². The van der Waals surface area contributed by atoms with Crippen molar-refractivity contribution in [1.29, 1.82) is 0 Å². The van der Waals surface area contributed by atoms with E-state index in [0.29, 0.717) is 5.69 Å². The summed E-state index contributed by atoms with van der Waals surface area (Å²) in [6.07, 6.45) is 0. The summed E-state index contributed by atoms with van der Waals surface area (Å²) in [4.78, 5) is 9.48. The molecule has 2 aromatic carbocycles. The third kappa shape index (κ3) is 3.89. The zero-order chi connectivity index (χ0) is 12.8. The van der Waals surface area contributed by atoms with Gasteiger partial charge in [-0.15, -0.1) is 0 Å². The van der Waals surface area contributed by atoms with E-state index in [0.717, 1.165) is 0 Å². The molecule has 0 aliphatic heterocycles. The molecule has 0 saturated heterocycles. The van der Waals surface area contributed by atoms with Gasteiger partial charge in [0.1, 0.15) is 5.75 Å². The first kappa shape index (κ1) is 12.6. The van der Waals surface area contributed by atoms with Crippen LogP contribution in [0.1, 0.15) is 0 Å². The molecule has 1 unspecified atom stereocenters. The zero-order valence-electron chi connectivity index (χ0n) is 9.39. The lowest BCUT2D eigenvalue weighted by Gasteiger charge is -2.13. The molecule has 2 rings (SSSR count). The average Bonchev–Trinajstić information content (AvgIpc) is 2.38. The molecule has 0 radical (unpaired) electrons. The maximum absolute atomic E-state index is 11.6. The van der Waals surface area contributed by atoms with Crippen molar-refractivity contribution < 1.29 is 18.6 Å². The van der Waals surface area contributed by atoms with Crippen molar-refractivity contribution in [3.05, 3.63) is 60.7 Å². The Kier molecular flexibility index (Phi) is 3.99. The summed E-state index contributed by atoms with van der Waals surface area (Å²) in [6.45, 7) is 0. The lowest BCUT2D eigenvalue weighted by atomic mass is 10.3. The molecule has 94 valence electrons. The van der Waals surface area contributed by atoms with Gasteiger partial charge >= 0.3 is 7.82 Å². The van der Waals surface area contributed by atoms with Crippen molar-refractivity contribution in [2.45, 2.75) is 0 Å². The van der Waals surface area contributed by atoms with Crippen LogP contribution in [0.3, 0.4) is 0 Å². The van der Waals surface area contributed by atoms with Crippen molar-refractivity contribution in [2.24, 2.45) is 0 Å². The number of phosphoric ester groups is 1. The molecule has 0 bridgehead atoms. The summed E-state index contributed by atoms with van der Waals surface area (Å²) < 4.78 is 21.1. The van der Waals surface area contributed by atoms with Crippen LogP contribution in [0.2, 0.25) is 0 Å². The van der Waals surface area contributed by atoms with Crippen LogP contribution in [0.15, 0.2) is 60.7 Å². The highest BCUT2D eigenvalue weighted by Gasteiger charge is 2.23. The van der Waals surface area contributed by atoms with Crippen molar-refractivity contribution in [1.82, 2.24) is 0 Å². The second kappa shape index (κ2) is 5.69. The fourth-order valence-corrected chi connectivity index (χ4v) is 1.90. The van der Waals surface area contributed by atoms with Gasteiger partial charge < -0.3 is 4.52 Å². The highest BCUT2D eigenvalue weighted by Crippen LogP contribution is 2.43. The minimum atomic E-state index is -4.19. The van der Waals surface area contributed by atoms with E-state index in [9.17, 15) is 9.46 Å². The van der Waals surface area contributed by atoms with E-state index >= 15 is 0 Å². The number of hydrogen-bond donors (Lipinski definition) is 2. The van der Waals surface area contributed by atoms with Crippen LogP contribution >= 0.6 is 7.82 Å². The number of para-hydroxylation sites is 2. The first-order valence-corrected chi connectivity index (χ1v) is 6.72. The Morgan fingerprint density at radius 2 is 1.50 bits per heavy atom. The molecule has 0 heterocycles. The van der Waals surface area contributed by atoms with Crippen molar-refractivity contribution in [3.63, 3.8) is 0 Å². The molecule has 0 aliphatic carbocycles. The van der Waals surface area contributed by atoms with Crippen LogP contribution in [0, 0.1) is 0 Å². The third-order valence-electron chi connectivity index (χ3n) is 2.02. The minimum Gasteiger partial charge on any atom is -0.403 e. The fraction of sp³-hybridized carbons (Fsp3) is 0. The molecule has 0 saturated carbocycles. The lowest BCUT2D eigenvalue weighted by Crippen LogP contribution is -2.03. The second-order valence-corrected chi connectivity index (χ2v) is 4.73. The monoisotopic (exact) mass is 265 g/mol. The summed E-state index contributed by atoms with van der Waals surface area (Å²) in [7, 11) is -4.19. The van der Waals surface area contributed by atoms with Crippen LogP contribution in [0.25, 0.3) is 0 Å². The molecular weight excluding hydrogens is 253 g/mol. The molecular formula is C12H12NO4P. The van der Waals surface area contributed by atoms with E-state index < -0.39 is 7.82 Å². The molecule has 2 aromatic rings. The van der Waals surface area contributed by atoms with Crippen LogP contribution < -0.4 is 10.0 Å². The predicted octanol–water partition coefficient (Wildman–Crippen LogP) is 3.21. The molecule has 0 amide bonds. The molecule has 6 heteroatoms. The topological polar surface area (TPSA) is 67.8 Å². The maximum atomic E-state index is 11.6. The van der Waals surface area contributed by atoms with E-state index in [1.807, 2.05) is 6.07 Å². The second-order valence-electron chi connectivity index (χ2n) is 3.43. The Labute approximate surface area is 105 Å². The number of rotatable bonds is 5. The van der Waals surface area contributed by atoms with Gasteiger partial charge in [-0.3, -0.25) is 10.4 Å². The van der Waals surface area contributed by atoms with Crippen LogP contribution in [0.4, 0.5) is 5.69 Å². The summed E-state index contributed by atoms with van der Waals surface area (Å²) in [5.74, 6) is 0.262. The molecule has 0 aliphatic rings. The smallest absolute Gasteiger partial charge is 0.403 e. The minimum absolute atomic E-state index is 0.262. The number of phosphoric acid groups is 1. The van der Waals surface area contributed by atoms with E-state index in [-0.39, 0.29) is 5.75 Å². The van der Waals surface area contributed by atoms with E-state index in [1.165, 1.54) is 0 Å². The molecule has 18 heavy (non-hydrogen) atoms. The number of nitrogens with one attached hydrogen (secondary N) is 1. The summed E-state index contributed by atoms with van der Waals surface area (Å²) in [5, 5.41) is 0. The quantitative estimate of drug-likeness (QED) is 0.641. The van der Waals surface area contributed by atoms with E-state index in [4.69, 9.17) is 4.52 Å². The molecule has 0 spiro atoms. The first-order valence-electron chi connectivity index (χ1n) is 5.23. The van der Waals surface area contributed by atoms with Crippen molar-refractivity contribution >= 4 is 13.5 Å². The first-order chi connectivity index (χ1) is 8.66. The Hall–Kier alpha value is -1.81. The van der Waals surface area contributed by atoms with Gasteiger partial charge in [-0.2, -0.15) is 4.62 Å². The SMILES string of the molecule is O=P(O)(ONc1ccccc1)Oc1ccccc1. The number of hydrogen-bond acceptors (Lipinski definition) is 4. The van der Waals surface area contributed by atoms with Crippen molar-refractivity contribution in [2.75, 3.05) is 5.48 Å². The Morgan fingerprint density at radius 1 is 0.944 bits per heavy atom. The molecule has 5 nitrogen and oxygen atoms in total. The predicted molar refractivity (Wildman–Crippen MR) is 68.0 cm³/mol. The van der Waals surface area contributed by atoms with Gasteiger partial charge in [0.2, 0.25) is 0 Å². The summed E-state index contributed by atoms with van der Waals surface area (Å²) in [6, 6.07) is 17.1. The Balaban J connectivity index is 1.94. The highest BCUT2D eigenvalue weighted by molar-refractivity contribution is 7.47. The highest BCUT2D eigenvalue weighted by atomic mass is 31.2. The van der Waals surface area contributed by atoms with E-state index in [2.05, 4.69) is 10.1 Å². The van der Waals surface area contributed by atoms with Crippen LogP contribution in [-0.2, 0) is 9.19 Å². The number of benzene rings is 2. The normalized spacial score (nSPS) is 13.6. The van der Waals surface area contributed by atoms with Gasteiger partial charge in [-0.1, -0.05) is 36.4 Å². The lowest BCUT2D eigenvalue weighted by molar-refractivity contribution is 0.240. The summed E-state index contributed by atoms with van der Waals surface area (Å²) >= 11 is 0. The molecule has 2 N–H and O–H groups in total. The molecule has 0 fully saturated rings. The van der Waals surface area contributed by atoms with Gasteiger partial charge in [0.15, 0.2) is 0 Å². The van der Waals surface area contributed by atoms with Gasteiger partial charge in [0.05, 0.1) is 5.69 Å². The van der Waals surface area contributed by atoms with Crippen LogP contribution in [0.5, 0.6) is 5.75 Å². The molecule has 0 aromatic heterocycles. The van der Waals surface area contributed by atoms with Gasteiger partial charge in [-0.05, 0) is 24.3 Å². The summed E-state index contributed by atoms with van der Waals surface area (Å²) in [5.41, 5.74) is 2.93. The van der Waals surface area contributed by atoms with Gasteiger partial charge in [0.25, 0.3) is 0 Å². The molecule has 1 atom stereocenters. The van der Waals surface area contributed by atoms with E-state index in [1.54, 1.807) is 54.6 Å². The standard InChI is InChI=1S/C12H12NO4P/c14-18(15,16-12-9-5-2-6-10-12)17-13-11-7-3-1-4-8-11/h1-10,13H,(H,14,15). The Bertz CT molecular complexity index is 532.